The van der Waals surface area contributed by atoms with Crippen molar-refractivity contribution >= 4 is 17.7 Å². The molecule has 0 aliphatic rings. The van der Waals surface area contributed by atoms with Crippen LogP contribution in [0.1, 0.15) is 34.4 Å². The van der Waals surface area contributed by atoms with Crippen molar-refractivity contribution < 1.29 is 14.3 Å². The molecule has 1 amide bonds. The van der Waals surface area contributed by atoms with Crippen molar-refractivity contribution in [3.8, 4) is 0 Å². The van der Waals surface area contributed by atoms with Crippen molar-refractivity contribution in [1.29, 1.82) is 0 Å². The molecule has 22 heavy (non-hydrogen) atoms. The number of furan rings is 1. The lowest BCUT2D eigenvalue weighted by Crippen LogP contribution is -2.38. The van der Waals surface area contributed by atoms with Gasteiger partial charge < -0.3 is 14.8 Å². The molecule has 2 N–H and O–H groups in total. The molecule has 0 spiro atoms. The van der Waals surface area contributed by atoms with Gasteiger partial charge in [0, 0.05) is 16.0 Å². The number of hydrogen-bond donors (Lipinski definition) is 2. The van der Waals surface area contributed by atoms with Crippen LogP contribution in [0.4, 0.5) is 0 Å². The predicted octanol–water partition coefficient (Wildman–Crippen LogP) is 3.26. The number of nitrogens with one attached hydrogen (secondary N) is 1. The Labute approximate surface area is 134 Å². The topological polar surface area (TPSA) is 62.5 Å². The molecule has 0 bridgehead atoms. The molecule has 0 saturated carbocycles. The summed E-state index contributed by atoms with van der Waals surface area (Å²) in [6.45, 7) is 5.43. The zero-order valence-electron chi connectivity index (χ0n) is 13.3. The Bertz CT molecular complexity index is 659. The van der Waals surface area contributed by atoms with E-state index in [9.17, 15) is 9.90 Å². The van der Waals surface area contributed by atoms with Crippen LogP contribution in [0, 0.1) is 13.8 Å². The van der Waals surface area contributed by atoms with Crippen LogP contribution in [0.15, 0.2) is 39.6 Å². The van der Waals surface area contributed by atoms with Crippen LogP contribution in [-0.4, -0.2) is 23.8 Å². The molecule has 5 heteroatoms. The number of amides is 1. The summed E-state index contributed by atoms with van der Waals surface area (Å²) in [6, 6.07) is 9.17. The first-order valence-electron chi connectivity index (χ1n) is 7.05. The van der Waals surface area contributed by atoms with Gasteiger partial charge in [0.1, 0.15) is 17.1 Å². The maximum atomic E-state index is 12.2. The highest BCUT2D eigenvalue weighted by Gasteiger charge is 2.28. The van der Waals surface area contributed by atoms with Crippen molar-refractivity contribution in [3.63, 3.8) is 0 Å². The molecule has 2 aromatic rings. The summed E-state index contributed by atoms with van der Waals surface area (Å²) in [5.41, 5.74) is 0.105. The average Bonchev–Trinajstić information content (AvgIpc) is 2.84. The Kier molecular flexibility index (Phi) is 4.98. The fraction of sp³-hybridized carbons (Fsp3) is 0.353. The molecular formula is C17H21NO3S. The molecule has 1 heterocycles. The molecule has 0 saturated heterocycles. The SMILES string of the molecule is CSc1ccc(C(=O)NCC(C)(O)c2cc(C)oc2C)cc1. The van der Waals surface area contributed by atoms with Gasteiger partial charge in [0.05, 0.1) is 6.54 Å². The minimum Gasteiger partial charge on any atom is -0.466 e. The monoisotopic (exact) mass is 319 g/mol. The second-order valence-electron chi connectivity index (χ2n) is 5.51. The van der Waals surface area contributed by atoms with E-state index < -0.39 is 5.60 Å². The third-order valence-electron chi connectivity index (χ3n) is 3.57. The molecule has 118 valence electrons. The highest BCUT2D eigenvalue weighted by Crippen LogP contribution is 2.26. The lowest BCUT2D eigenvalue weighted by molar-refractivity contribution is 0.0514. The van der Waals surface area contributed by atoms with E-state index in [1.54, 1.807) is 43.8 Å². The van der Waals surface area contributed by atoms with Crippen molar-refractivity contribution in [3.05, 3.63) is 53.0 Å². The molecule has 1 aromatic carbocycles. The van der Waals surface area contributed by atoms with E-state index in [-0.39, 0.29) is 12.5 Å². The van der Waals surface area contributed by atoms with Gasteiger partial charge in [-0.25, -0.2) is 0 Å². The van der Waals surface area contributed by atoms with E-state index in [0.29, 0.717) is 16.9 Å². The third-order valence-corrected chi connectivity index (χ3v) is 4.31. The Morgan fingerprint density at radius 2 is 1.95 bits per heavy atom. The molecule has 0 radical (unpaired) electrons. The first-order chi connectivity index (χ1) is 10.3. The van der Waals surface area contributed by atoms with Gasteiger partial charge in [0.15, 0.2) is 0 Å². The smallest absolute Gasteiger partial charge is 0.251 e. The van der Waals surface area contributed by atoms with E-state index in [0.717, 1.165) is 10.7 Å². The van der Waals surface area contributed by atoms with Crippen LogP contribution in [-0.2, 0) is 5.60 Å². The Morgan fingerprint density at radius 1 is 1.32 bits per heavy atom. The summed E-state index contributed by atoms with van der Waals surface area (Å²) in [6.07, 6.45) is 1.99. The number of aliphatic hydroxyl groups is 1. The van der Waals surface area contributed by atoms with E-state index in [4.69, 9.17) is 4.42 Å². The number of carbonyl (C=O) groups is 1. The van der Waals surface area contributed by atoms with E-state index >= 15 is 0 Å². The number of benzene rings is 1. The highest BCUT2D eigenvalue weighted by molar-refractivity contribution is 7.98. The fourth-order valence-electron chi connectivity index (χ4n) is 2.36. The Balaban J connectivity index is 2.04. The lowest BCUT2D eigenvalue weighted by atomic mass is 9.96. The van der Waals surface area contributed by atoms with E-state index in [2.05, 4.69) is 5.32 Å². The van der Waals surface area contributed by atoms with Gasteiger partial charge in [0.25, 0.3) is 5.91 Å². The Morgan fingerprint density at radius 3 is 2.45 bits per heavy atom. The molecule has 1 aromatic heterocycles. The fourth-order valence-corrected chi connectivity index (χ4v) is 2.77. The maximum absolute atomic E-state index is 12.2. The summed E-state index contributed by atoms with van der Waals surface area (Å²) in [7, 11) is 0. The number of thioether (sulfide) groups is 1. The van der Waals surface area contributed by atoms with Crippen molar-refractivity contribution in [2.75, 3.05) is 12.8 Å². The van der Waals surface area contributed by atoms with Crippen LogP contribution in [0.25, 0.3) is 0 Å². The van der Waals surface area contributed by atoms with E-state index in [1.165, 1.54) is 0 Å². The molecule has 1 atom stereocenters. The molecule has 0 aliphatic carbocycles. The third kappa shape index (κ3) is 3.72. The molecule has 2 rings (SSSR count). The normalized spacial score (nSPS) is 13.7. The van der Waals surface area contributed by atoms with Gasteiger partial charge in [-0.15, -0.1) is 11.8 Å². The van der Waals surface area contributed by atoms with Gasteiger partial charge in [-0.2, -0.15) is 0 Å². The van der Waals surface area contributed by atoms with Gasteiger partial charge >= 0.3 is 0 Å². The molecule has 1 unspecified atom stereocenters. The second kappa shape index (κ2) is 6.58. The quantitative estimate of drug-likeness (QED) is 0.830. The largest absolute Gasteiger partial charge is 0.466 e. The van der Waals surface area contributed by atoms with Crippen molar-refractivity contribution in [1.82, 2.24) is 5.32 Å². The van der Waals surface area contributed by atoms with Gasteiger partial charge in [-0.1, -0.05) is 0 Å². The number of rotatable bonds is 5. The maximum Gasteiger partial charge on any atom is 0.251 e. The summed E-state index contributed by atoms with van der Waals surface area (Å²) in [4.78, 5) is 13.3. The van der Waals surface area contributed by atoms with Gasteiger partial charge in [0.2, 0.25) is 0 Å². The van der Waals surface area contributed by atoms with Gasteiger partial charge in [-0.3, -0.25) is 4.79 Å². The minimum atomic E-state index is -1.17. The van der Waals surface area contributed by atoms with Crippen molar-refractivity contribution in [2.24, 2.45) is 0 Å². The molecule has 0 fully saturated rings. The highest BCUT2D eigenvalue weighted by atomic mass is 32.2. The summed E-state index contributed by atoms with van der Waals surface area (Å²) in [5, 5.41) is 13.4. The number of carbonyl (C=O) groups excluding carboxylic acids is 1. The average molecular weight is 319 g/mol. The summed E-state index contributed by atoms with van der Waals surface area (Å²) < 4.78 is 5.44. The summed E-state index contributed by atoms with van der Waals surface area (Å²) in [5.74, 6) is 1.21. The van der Waals surface area contributed by atoms with E-state index in [1.807, 2.05) is 25.3 Å². The summed E-state index contributed by atoms with van der Waals surface area (Å²) >= 11 is 1.63. The first-order valence-corrected chi connectivity index (χ1v) is 8.28. The Hall–Kier alpha value is -1.72. The number of aryl methyl sites for hydroxylation is 2. The molecule has 0 aliphatic heterocycles. The lowest BCUT2D eigenvalue weighted by Gasteiger charge is -2.23. The standard InChI is InChI=1S/C17H21NO3S/c1-11-9-15(12(2)21-11)17(3,20)10-18-16(19)13-5-7-14(22-4)8-6-13/h5-9,20H,10H2,1-4H3,(H,18,19). The zero-order valence-corrected chi connectivity index (χ0v) is 14.1. The minimum absolute atomic E-state index is 0.121. The molecular weight excluding hydrogens is 298 g/mol. The van der Waals surface area contributed by atoms with Crippen LogP contribution < -0.4 is 5.32 Å². The predicted molar refractivity (Wildman–Crippen MR) is 88.3 cm³/mol. The number of hydrogen-bond acceptors (Lipinski definition) is 4. The first kappa shape index (κ1) is 16.6. The zero-order chi connectivity index (χ0) is 16.3. The van der Waals surface area contributed by atoms with Gasteiger partial charge in [-0.05, 0) is 57.4 Å². The molecule has 4 nitrogen and oxygen atoms in total. The van der Waals surface area contributed by atoms with Crippen molar-refractivity contribution in [2.45, 2.75) is 31.3 Å². The second-order valence-corrected chi connectivity index (χ2v) is 6.39. The van der Waals surface area contributed by atoms with Crippen LogP contribution in [0.2, 0.25) is 0 Å². The van der Waals surface area contributed by atoms with Crippen LogP contribution in [0.3, 0.4) is 0 Å². The van der Waals surface area contributed by atoms with Crippen LogP contribution >= 0.6 is 11.8 Å². The van der Waals surface area contributed by atoms with Crippen LogP contribution in [0.5, 0.6) is 0 Å².